The highest BCUT2D eigenvalue weighted by Crippen LogP contribution is 2.45. The highest BCUT2D eigenvalue weighted by Gasteiger charge is 2.22. The lowest BCUT2D eigenvalue weighted by Crippen LogP contribution is -2.06. The van der Waals surface area contributed by atoms with Gasteiger partial charge in [-0.3, -0.25) is 4.57 Å². The fraction of sp³-hybridized carbons (Fsp3) is 0.750. The molecule has 2 atom stereocenters. The van der Waals surface area contributed by atoms with Gasteiger partial charge in [0.2, 0.25) is 0 Å². The maximum Gasteiger partial charge on any atom is 0.332 e. The standard InChI is InChI=1S/C8H16ClO3P/c1-4-8(3)12-13(10,11)6-7(2)5-9/h5,8H,4,6H2,1-3H3,(H,10,11). The Morgan fingerprint density at radius 3 is 2.69 bits per heavy atom. The molecule has 3 nitrogen and oxygen atoms in total. The summed E-state index contributed by atoms with van der Waals surface area (Å²) in [6, 6.07) is 0. The average Bonchev–Trinajstić information content (AvgIpc) is 2.02. The summed E-state index contributed by atoms with van der Waals surface area (Å²) in [6.45, 7) is 5.35. The molecule has 0 fully saturated rings. The van der Waals surface area contributed by atoms with Crippen molar-refractivity contribution in [2.75, 3.05) is 6.16 Å². The summed E-state index contributed by atoms with van der Waals surface area (Å²) in [7, 11) is -3.49. The monoisotopic (exact) mass is 226 g/mol. The van der Waals surface area contributed by atoms with E-state index in [0.717, 1.165) is 0 Å². The van der Waals surface area contributed by atoms with E-state index in [1.807, 2.05) is 6.92 Å². The van der Waals surface area contributed by atoms with Gasteiger partial charge < -0.3 is 9.42 Å². The SMILES string of the molecule is CCC(C)OP(=O)(O)CC(C)=CCl. The zero-order valence-electron chi connectivity index (χ0n) is 8.16. The Morgan fingerprint density at radius 1 is 1.77 bits per heavy atom. The zero-order valence-corrected chi connectivity index (χ0v) is 9.81. The van der Waals surface area contributed by atoms with Crippen LogP contribution in [0.3, 0.4) is 0 Å². The number of hydrogen-bond donors (Lipinski definition) is 1. The van der Waals surface area contributed by atoms with E-state index in [9.17, 15) is 9.46 Å². The maximum atomic E-state index is 11.4. The zero-order chi connectivity index (χ0) is 10.5. The van der Waals surface area contributed by atoms with Gasteiger partial charge in [0.25, 0.3) is 0 Å². The predicted octanol–water partition coefficient (Wildman–Crippen LogP) is 3.13. The summed E-state index contributed by atoms with van der Waals surface area (Å²) in [5.41, 5.74) is 1.94. The number of hydrogen-bond acceptors (Lipinski definition) is 2. The van der Waals surface area contributed by atoms with E-state index in [0.29, 0.717) is 12.0 Å². The van der Waals surface area contributed by atoms with Crippen molar-refractivity contribution in [3.63, 3.8) is 0 Å². The average molecular weight is 227 g/mol. The first-order chi connectivity index (χ1) is 5.91. The molecule has 0 aliphatic heterocycles. The lowest BCUT2D eigenvalue weighted by molar-refractivity contribution is 0.187. The molecule has 0 radical (unpaired) electrons. The Balaban J connectivity index is 4.16. The third-order valence-electron chi connectivity index (χ3n) is 1.56. The summed E-state index contributed by atoms with van der Waals surface area (Å²) in [5, 5.41) is 0. The molecule has 0 saturated heterocycles. The van der Waals surface area contributed by atoms with Gasteiger partial charge in [-0.2, -0.15) is 0 Å². The van der Waals surface area contributed by atoms with E-state index in [-0.39, 0.29) is 12.3 Å². The van der Waals surface area contributed by atoms with Gasteiger partial charge >= 0.3 is 7.60 Å². The van der Waals surface area contributed by atoms with Gasteiger partial charge in [-0.15, -0.1) is 0 Å². The van der Waals surface area contributed by atoms with Crippen LogP contribution in [-0.4, -0.2) is 17.2 Å². The first-order valence-electron chi connectivity index (χ1n) is 4.17. The molecule has 0 amide bonds. The van der Waals surface area contributed by atoms with E-state index in [2.05, 4.69) is 0 Å². The fourth-order valence-corrected chi connectivity index (χ4v) is 2.43. The lowest BCUT2D eigenvalue weighted by atomic mass is 10.3. The van der Waals surface area contributed by atoms with Crippen LogP contribution >= 0.6 is 19.2 Å². The van der Waals surface area contributed by atoms with Crippen molar-refractivity contribution in [2.45, 2.75) is 33.3 Å². The van der Waals surface area contributed by atoms with Gasteiger partial charge in [0.05, 0.1) is 12.3 Å². The van der Waals surface area contributed by atoms with Crippen LogP contribution < -0.4 is 0 Å². The van der Waals surface area contributed by atoms with Crippen molar-refractivity contribution in [1.29, 1.82) is 0 Å². The summed E-state index contributed by atoms with van der Waals surface area (Å²) in [6.07, 6.45) is 0.522. The summed E-state index contributed by atoms with van der Waals surface area (Å²) in [5.74, 6) is 0. The molecule has 0 aromatic carbocycles. The molecule has 0 aromatic rings. The largest absolute Gasteiger partial charge is 0.332 e. The highest BCUT2D eigenvalue weighted by atomic mass is 35.5. The van der Waals surface area contributed by atoms with Crippen LogP contribution in [0.5, 0.6) is 0 Å². The molecule has 0 bridgehead atoms. The van der Waals surface area contributed by atoms with Crippen LogP contribution in [0.4, 0.5) is 0 Å². The van der Waals surface area contributed by atoms with Crippen molar-refractivity contribution < 1.29 is 14.0 Å². The Kier molecular flexibility index (Phi) is 5.90. The van der Waals surface area contributed by atoms with Crippen LogP contribution in [0.2, 0.25) is 0 Å². The molecule has 0 aliphatic rings. The lowest BCUT2D eigenvalue weighted by Gasteiger charge is -2.16. The third-order valence-corrected chi connectivity index (χ3v) is 3.52. The smallest absolute Gasteiger partial charge is 0.324 e. The third kappa shape index (κ3) is 6.28. The molecule has 0 aromatic heterocycles. The normalized spacial score (nSPS) is 19.6. The second-order valence-electron chi connectivity index (χ2n) is 3.08. The summed E-state index contributed by atoms with van der Waals surface area (Å²) >= 11 is 5.38. The molecule has 0 spiro atoms. The first-order valence-corrected chi connectivity index (χ1v) is 6.37. The minimum Gasteiger partial charge on any atom is -0.324 e. The van der Waals surface area contributed by atoms with Gasteiger partial charge in [-0.05, 0) is 20.3 Å². The quantitative estimate of drug-likeness (QED) is 0.733. The molecule has 13 heavy (non-hydrogen) atoms. The Morgan fingerprint density at radius 2 is 2.31 bits per heavy atom. The van der Waals surface area contributed by atoms with Crippen molar-refractivity contribution in [1.82, 2.24) is 0 Å². The van der Waals surface area contributed by atoms with E-state index in [1.165, 1.54) is 5.54 Å². The molecular formula is C8H16ClO3P. The Hall–Kier alpha value is 0.180. The minimum absolute atomic E-state index is 0.000833. The van der Waals surface area contributed by atoms with Crippen LogP contribution in [-0.2, 0) is 9.09 Å². The summed E-state index contributed by atoms with van der Waals surface area (Å²) in [4.78, 5) is 9.35. The van der Waals surface area contributed by atoms with Crippen molar-refractivity contribution in [2.24, 2.45) is 0 Å². The van der Waals surface area contributed by atoms with Crippen LogP contribution in [0.15, 0.2) is 11.1 Å². The van der Waals surface area contributed by atoms with Gasteiger partial charge in [0, 0.05) is 5.54 Å². The molecule has 0 heterocycles. The first kappa shape index (κ1) is 13.2. The minimum atomic E-state index is -3.49. The topological polar surface area (TPSA) is 46.5 Å². The predicted molar refractivity (Wildman–Crippen MR) is 55.1 cm³/mol. The second kappa shape index (κ2) is 5.82. The maximum absolute atomic E-state index is 11.4. The van der Waals surface area contributed by atoms with Crippen molar-refractivity contribution in [3.8, 4) is 0 Å². The highest BCUT2D eigenvalue weighted by molar-refractivity contribution is 7.53. The van der Waals surface area contributed by atoms with Gasteiger partial charge in [-0.1, -0.05) is 24.1 Å². The summed E-state index contributed by atoms with van der Waals surface area (Å²) < 4.78 is 16.4. The number of halogens is 1. The molecule has 78 valence electrons. The van der Waals surface area contributed by atoms with Gasteiger partial charge in [-0.25, -0.2) is 0 Å². The van der Waals surface area contributed by atoms with E-state index < -0.39 is 7.60 Å². The van der Waals surface area contributed by atoms with E-state index in [4.69, 9.17) is 16.1 Å². The molecule has 2 unspecified atom stereocenters. The molecule has 5 heteroatoms. The van der Waals surface area contributed by atoms with Gasteiger partial charge in [0.15, 0.2) is 0 Å². The van der Waals surface area contributed by atoms with Crippen molar-refractivity contribution >= 4 is 19.2 Å². The number of rotatable bonds is 5. The van der Waals surface area contributed by atoms with Crippen molar-refractivity contribution in [3.05, 3.63) is 11.1 Å². The van der Waals surface area contributed by atoms with Gasteiger partial charge in [0.1, 0.15) is 0 Å². The van der Waals surface area contributed by atoms with E-state index in [1.54, 1.807) is 13.8 Å². The van der Waals surface area contributed by atoms with Crippen LogP contribution in [0.1, 0.15) is 27.2 Å². The van der Waals surface area contributed by atoms with Crippen LogP contribution in [0, 0.1) is 0 Å². The van der Waals surface area contributed by atoms with E-state index >= 15 is 0 Å². The Labute approximate surface area is 84.3 Å². The molecule has 0 rings (SSSR count). The molecular weight excluding hydrogens is 211 g/mol. The molecule has 0 aliphatic carbocycles. The number of allylic oxidation sites excluding steroid dienone is 1. The Bertz CT molecular complexity index is 227. The second-order valence-corrected chi connectivity index (χ2v) is 5.10. The molecule has 0 saturated carbocycles. The fourth-order valence-electron chi connectivity index (χ4n) is 0.743. The molecule has 1 N–H and O–H groups in total. The van der Waals surface area contributed by atoms with Crippen LogP contribution in [0.25, 0.3) is 0 Å².